The second kappa shape index (κ2) is 7.38. The van der Waals surface area contributed by atoms with Crippen molar-refractivity contribution in [2.24, 2.45) is 11.8 Å². The van der Waals surface area contributed by atoms with Crippen LogP contribution in [0.25, 0.3) is 0 Å². The quantitative estimate of drug-likeness (QED) is 0.543. The molecular weight excluding hydrogens is 210 g/mol. The van der Waals surface area contributed by atoms with Crippen molar-refractivity contribution in [1.29, 1.82) is 0 Å². The van der Waals surface area contributed by atoms with Crippen LogP contribution < -0.4 is 5.32 Å². The molecule has 0 bridgehead atoms. The van der Waals surface area contributed by atoms with Gasteiger partial charge in [0.1, 0.15) is 0 Å². The number of hydrogen-bond donors (Lipinski definition) is 1. The third kappa shape index (κ3) is 4.97. The Bertz CT molecular complexity index is 203. The monoisotopic (exact) mass is 239 g/mol. The maximum atomic E-state index is 5.19. The lowest BCUT2D eigenvalue weighted by Crippen LogP contribution is -2.29. The molecule has 2 atom stereocenters. The Kier molecular flexibility index (Phi) is 5.79. The SMILES string of the molecule is COCCCC1CCCCCC1CNC1CC1. The predicted octanol–water partition coefficient (Wildman–Crippen LogP) is 3.36. The summed E-state index contributed by atoms with van der Waals surface area (Å²) in [4.78, 5) is 0. The van der Waals surface area contributed by atoms with Crippen LogP contribution in [-0.4, -0.2) is 26.3 Å². The summed E-state index contributed by atoms with van der Waals surface area (Å²) < 4.78 is 5.19. The molecule has 2 rings (SSSR count). The van der Waals surface area contributed by atoms with E-state index in [4.69, 9.17) is 4.74 Å². The number of nitrogens with one attached hydrogen (secondary N) is 1. The average molecular weight is 239 g/mol. The lowest BCUT2D eigenvalue weighted by atomic mass is 9.84. The van der Waals surface area contributed by atoms with Crippen LogP contribution in [0.15, 0.2) is 0 Å². The minimum Gasteiger partial charge on any atom is -0.385 e. The summed E-state index contributed by atoms with van der Waals surface area (Å²) in [5.41, 5.74) is 0. The Balaban J connectivity index is 1.73. The highest BCUT2D eigenvalue weighted by Crippen LogP contribution is 2.32. The van der Waals surface area contributed by atoms with E-state index >= 15 is 0 Å². The summed E-state index contributed by atoms with van der Waals surface area (Å²) in [6.07, 6.45) is 12.8. The molecule has 2 fully saturated rings. The molecule has 0 aliphatic heterocycles. The van der Waals surface area contributed by atoms with Crippen molar-refractivity contribution in [3.05, 3.63) is 0 Å². The van der Waals surface area contributed by atoms with Crippen molar-refractivity contribution < 1.29 is 4.74 Å². The highest BCUT2D eigenvalue weighted by Gasteiger charge is 2.26. The molecule has 0 radical (unpaired) electrons. The fraction of sp³-hybridized carbons (Fsp3) is 1.00. The van der Waals surface area contributed by atoms with Gasteiger partial charge in [-0.05, 0) is 50.5 Å². The third-order valence-electron chi connectivity index (χ3n) is 4.49. The first kappa shape index (κ1) is 13.4. The highest BCUT2D eigenvalue weighted by molar-refractivity contribution is 4.84. The van der Waals surface area contributed by atoms with Gasteiger partial charge in [0.25, 0.3) is 0 Å². The first-order valence-corrected chi connectivity index (χ1v) is 7.62. The smallest absolute Gasteiger partial charge is 0.0462 e. The summed E-state index contributed by atoms with van der Waals surface area (Å²) >= 11 is 0. The van der Waals surface area contributed by atoms with E-state index in [1.54, 1.807) is 0 Å². The first-order valence-electron chi connectivity index (χ1n) is 7.62. The topological polar surface area (TPSA) is 21.3 Å². The number of ether oxygens (including phenoxy) is 1. The lowest BCUT2D eigenvalue weighted by Gasteiger charge is -2.25. The van der Waals surface area contributed by atoms with Crippen molar-refractivity contribution >= 4 is 0 Å². The molecule has 0 amide bonds. The largest absolute Gasteiger partial charge is 0.385 e. The maximum Gasteiger partial charge on any atom is 0.0462 e. The Hall–Kier alpha value is -0.0800. The molecule has 2 heteroatoms. The fourth-order valence-corrected chi connectivity index (χ4v) is 3.21. The van der Waals surface area contributed by atoms with E-state index in [1.807, 2.05) is 7.11 Å². The zero-order valence-corrected chi connectivity index (χ0v) is 11.4. The Morgan fingerprint density at radius 3 is 2.47 bits per heavy atom. The van der Waals surface area contributed by atoms with Crippen LogP contribution in [0, 0.1) is 11.8 Å². The van der Waals surface area contributed by atoms with E-state index < -0.39 is 0 Å². The molecule has 1 N–H and O–H groups in total. The van der Waals surface area contributed by atoms with Crippen LogP contribution >= 0.6 is 0 Å². The van der Waals surface area contributed by atoms with Crippen molar-refractivity contribution in [3.63, 3.8) is 0 Å². The number of hydrogen-bond acceptors (Lipinski definition) is 2. The summed E-state index contributed by atoms with van der Waals surface area (Å²) in [5, 5.41) is 3.74. The molecule has 17 heavy (non-hydrogen) atoms. The van der Waals surface area contributed by atoms with Crippen LogP contribution in [0.1, 0.15) is 57.8 Å². The lowest BCUT2D eigenvalue weighted by molar-refractivity contribution is 0.176. The molecule has 2 saturated carbocycles. The standard InChI is InChI=1S/C15H29NO/c1-17-11-5-8-13-6-3-2-4-7-14(13)12-16-15-9-10-15/h13-16H,2-12H2,1H3. The van der Waals surface area contributed by atoms with Gasteiger partial charge in [-0.15, -0.1) is 0 Å². The van der Waals surface area contributed by atoms with Crippen LogP contribution in [0.5, 0.6) is 0 Å². The van der Waals surface area contributed by atoms with Crippen molar-refractivity contribution in [3.8, 4) is 0 Å². The zero-order chi connectivity index (χ0) is 11.9. The summed E-state index contributed by atoms with van der Waals surface area (Å²) in [6.45, 7) is 2.22. The van der Waals surface area contributed by atoms with E-state index in [1.165, 1.54) is 64.3 Å². The first-order chi connectivity index (χ1) is 8.40. The second-order valence-electron chi connectivity index (χ2n) is 5.98. The summed E-state index contributed by atoms with van der Waals surface area (Å²) in [5.74, 6) is 1.90. The molecule has 100 valence electrons. The van der Waals surface area contributed by atoms with Gasteiger partial charge in [-0.2, -0.15) is 0 Å². The second-order valence-corrected chi connectivity index (χ2v) is 5.98. The van der Waals surface area contributed by atoms with Gasteiger partial charge < -0.3 is 10.1 Å². The fourth-order valence-electron chi connectivity index (χ4n) is 3.21. The third-order valence-corrected chi connectivity index (χ3v) is 4.49. The zero-order valence-electron chi connectivity index (χ0n) is 11.4. The Morgan fingerprint density at radius 1 is 1.00 bits per heavy atom. The van der Waals surface area contributed by atoms with Gasteiger partial charge in [0.05, 0.1) is 0 Å². The minimum atomic E-state index is 0.873. The van der Waals surface area contributed by atoms with Crippen LogP contribution in [0.2, 0.25) is 0 Å². The Labute approximate surface area is 107 Å². The van der Waals surface area contributed by atoms with Gasteiger partial charge in [-0.25, -0.2) is 0 Å². The van der Waals surface area contributed by atoms with Crippen LogP contribution in [0.4, 0.5) is 0 Å². The summed E-state index contributed by atoms with van der Waals surface area (Å²) in [7, 11) is 1.82. The molecule has 2 unspecified atom stereocenters. The van der Waals surface area contributed by atoms with Gasteiger partial charge in [0, 0.05) is 19.8 Å². The maximum absolute atomic E-state index is 5.19. The van der Waals surface area contributed by atoms with E-state index in [0.29, 0.717) is 0 Å². The number of methoxy groups -OCH3 is 1. The number of rotatable bonds is 7. The molecule has 2 nitrogen and oxygen atoms in total. The molecule has 0 aromatic rings. The van der Waals surface area contributed by atoms with E-state index in [-0.39, 0.29) is 0 Å². The normalized spacial score (nSPS) is 30.2. The molecule has 2 aliphatic carbocycles. The van der Waals surface area contributed by atoms with Gasteiger partial charge in [-0.1, -0.05) is 25.7 Å². The molecular formula is C15H29NO. The van der Waals surface area contributed by atoms with Gasteiger partial charge in [0.2, 0.25) is 0 Å². The molecule has 0 spiro atoms. The Morgan fingerprint density at radius 2 is 1.76 bits per heavy atom. The van der Waals surface area contributed by atoms with Crippen molar-refractivity contribution in [2.75, 3.05) is 20.3 Å². The molecule has 0 aromatic heterocycles. The minimum absolute atomic E-state index is 0.873. The van der Waals surface area contributed by atoms with Gasteiger partial charge >= 0.3 is 0 Å². The summed E-state index contributed by atoms with van der Waals surface area (Å²) in [6, 6.07) is 0.873. The molecule has 2 aliphatic rings. The van der Waals surface area contributed by atoms with Gasteiger partial charge in [-0.3, -0.25) is 0 Å². The average Bonchev–Trinajstić information content (AvgIpc) is 3.14. The molecule has 0 aromatic carbocycles. The van der Waals surface area contributed by atoms with E-state index in [0.717, 1.165) is 24.5 Å². The van der Waals surface area contributed by atoms with Gasteiger partial charge in [0.15, 0.2) is 0 Å². The molecule has 0 saturated heterocycles. The van der Waals surface area contributed by atoms with E-state index in [9.17, 15) is 0 Å². The van der Waals surface area contributed by atoms with Crippen LogP contribution in [-0.2, 0) is 4.74 Å². The predicted molar refractivity (Wildman–Crippen MR) is 72.2 cm³/mol. The van der Waals surface area contributed by atoms with Crippen molar-refractivity contribution in [2.45, 2.75) is 63.8 Å². The molecule has 0 heterocycles. The van der Waals surface area contributed by atoms with Crippen molar-refractivity contribution in [1.82, 2.24) is 5.32 Å². The van der Waals surface area contributed by atoms with Crippen LogP contribution in [0.3, 0.4) is 0 Å². The highest BCUT2D eigenvalue weighted by atomic mass is 16.5. The van der Waals surface area contributed by atoms with E-state index in [2.05, 4.69) is 5.32 Å².